The molecule has 0 atom stereocenters. The van der Waals surface area contributed by atoms with E-state index in [-0.39, 0.29) is 42.2 Å². The van der Waals surface area contributed by atoms with Crippen LogP contribution in [0.15, 0.2) is 39.7 Å². The van der Waals surface area contributed by atoms with Crippen LogP contribution in [-0.2, 0) is 6.54 Å². The zero-order valence-corrected chi connectivity index (χ0v) is 14.8. The van der Waals surface area contributed by atoms with Crippen molar-refractivity contribution in [2.45, 2.75) is 20.4 Å². The fourth-order valence-corrected chi connectivity index (χ4v) is 1.99. The molecule has 0 fully saturated rings. The standard InChI is InChI=1S/C15H18N4O2.HI/c1-9-5-10(2)7-11(6-9)19-15(17)18-8-12-3-4-13(21-12)14(16)20;/h3-7H,8H2,1-2H3,(H2,16,20)(H3,17,18,19);1H. The number of aryl methyl sites for hydroxylation is 2. The van der Waals surface area contributed by atoms with Gasteiger partial charge in [-0.25, -0.2) is 4.99 Å². The Morgan fingerprint density at radius 3 is 2.36 bits per heavy atom. The van der Waals surface area contributed by atoms with Gasteiger partial charge in [-0.2, -0.15) is 0 Å². The molecule has 0 unspecified atom stereocenters. The van der Waals surface area contributed by atoms with Gasteiger partial charge in [0.25, 0.3) is 5.91 Å². The number of carbonyl (C=O) groups excluding carboxylic acids is 1. The first-order chi connectivity index (χ1) is 9.94. The lowest BCUT2D eigenvalue weighted by molar-refractivity contribution is 0.0972. The average Bonchev–Trinajstić information content (AvgIpc) is 2.84. The van der Waals surface area contributed by atoms with Gasteiger partial charge in [0.05, 0.1) is 0 Å². The van der Waals surface area contributed by atoms with Crippen molar-refractivity contribution in [3.05, 3.63) is 53.0 Å². The minimum atomic E-state index is -0.605. The Balaban J connectivity index is 0.00000242. The molecular weight excluding hydrogens is 395 g/mol. The van der Waals surface area contributed by atoms with Crippen LogP contribution in [0.3, 0.4) is 0 Å². The zero-order valence-electron chi connectivity index (χ0n) is 12.4. The fourth-order valence-electron chi connectivity index (χ4n) is 1.99. The van der Waals surface area contributed by atoms with E-state index in [0.717, 1.165) is 16.8 Å². The minimum Gasteiger partial charge on any atom is -0.454 e. The lowest BCUT2D eigenvalue weighted by atomic mass is 10.1. The summed E-state index contributed by atoms with van der Waals surface area (Å²) in [6.07, 6.45) is 0. The summed E-state index contributed by atoms with van der Waals surface area (Å²) >= 11 is 0. The monoisotopic (exact) mass is 414 g/mol. The van der Waals surface area contributed by atoms with Crippen molar-refractivity contribution in [1.82, 2.24) is 0 Å². The van der Waals surface area contributed by atoms with Gasteiger partial charge in [-0.15, -0.1) is 24.0 Å². The summed E-state index contributed by atoms with van der Waals surface area (Å²) in [5, 5.41) is 3.02. The van der Waals surface area contributed by atoms with E-state index in [1.807, 2.05) is 26.0 Å². The lowest BCUT2D eigenvalue weighted by Gasteiger charge is -2.07. The zero-order chi connectivity index (χ0) is 15.4. The van der Waals surface area contributed by atoms with E-state index < -0.39 is 5.91 Å². The Labute approximate surface area is 146 Å². The molecule has 1 aromatic carbocycles. The minimum absolute atomic E-state index is 0. The molecule has 7 heteroatoms. The number of hydrogen-bond acceptors (Lipinski definition) is 3. The van der Waals surface area contributed by atoms with Crippen LogP contribution in [0.2, 0.25) is 0 Å². The predicted octanol–water partition coefficient (Wildman–Crippen LogP) is 2.54. The number of benzene rings is 1. The molecule has 0 aliphatic carbocycles. The van der Waals surface area contributed by atoms with Gasteiger partial charge in [-0.1, -0.05) is 6.07 Å². The van der Waals surface area contributed by atoms with E-state index in [0.29, 0.717) is 5.76 Å². The molecule has 5 N–H and O–H groups in total. The molecule has 0 spiro atoms. The molecule has 2 rings (SSSR count). The second-order valence-electron chi connectivity index (χ2n) is 4.83. The van der Waals surface area contributed by atoms with Crippen LogP contribution >= 0.6 is 24.0 Å². The van der Waals surface area contributed by atoms with Crippen molar-refractivity contribution >= 4 is 41.5 Å². The van der Waals surface area contributed by atoms with E-state index in [1.54, 1.807) is 6.07 Å². The fraction of sp³-hybridized carbons (Fsp3) is 0.200. The van der Waals surface area contributed by atoms with Crippen LogP contribution in [0.25, 0.3) is 0 Å². The molecule has 118 valence electrons. The molecule has 1 amide bonds. The van der Waals surface area contributed by atoms with Crippen LogP contribution in [-0.4, -0.2) is 11.9 Å². The summed E-state index contributed by atoms with van der Waals surface area (Å²) in [4.78, 5) is 15.1. The molecule has 0 saturated carbocycles. The first kappa shape index (κ1) is 18.0. The van der Waals surface area contributed by atoms with Gasteiger partial charge in [0, 0.05) is 5.69 Å². The Bertz CT molecular complexity index is 674. The van der Waals surface area contributed by atoms with Crippen molar-refractivity contribution in [2.75, 3.05) is 5.32 Å². The maximum atomic E-state index is 10.9. The number of carbonyl (C=O) groups is 1. The maximum absolute atomic E-state index is 10.9. The number of primary amides is 1. The quantitative estimate of drug-likeness (QED) is 0.406. The first-order valence-electron chi connectivity index (χ1n) is 6.48. The highest BCUT2D eigenvalue weighted by atomic mass is 127. The van der Waals surface area contributed by atoms with Crippen molar-refractivity contribution < 1.29 is 9.21 Å². The van der Waals surface area contributed by atoms with Crippen molar-refractivity contribution in [3.8, 4) is 0 Å². The van der Waals surface area contributed by atoms with Crippen molar-refractivity contribution in [1.29, 1.82) is 0 Å². The van der Waals surface area contributed by atoms with Gasteiger partial charge >= 0.3 is 0 Å². The molecule has 1 aromatic heterocycles. The number of hydrogen-bond donors (Lipinski definition) is 3. The highest BCUT2D eigenvalue weighted by Gasteiger charge is 2.06. The summed E-state index contributed by atoms with van der Waals surface area (Å²) < 4.78 is 5.22. The maximum Gasteiger partial charge on any atom is 0.284 e. The van der Waals surface area contributed by atoms with E-state index in [4.69, 9.17) is 15.9 Å². The molecule has 0 saturated heterocycles. The Morgan fingerprint density at radius 1 is 1.18 bits per heavy atom. The van der Waals surface area contributed by atoms with Gasteiger partial charge in [0.2, 0.25) is 0 Å². The first-order valence-corrected chi connectivity index (χ1v) is 6.48. The summed E-state index contributed by atoms with van der Waals surface area (Å²) in [5.74, 6) is 0.304. The molecule has 0 aliphatic heterocycles. The third-order valence-electron chi connectivity index (χ3n) is 2.80. The Kier molecular flexibility index (Phi) is 6.41. The predicted molar refractivity (Wildman–Crippen MR) is 97.5 cm³/mol. The van der Waals surface area contributed by atoms with Crippen LogP contribution in [0.4, 0.5) is 5.69 Å². The normalized spacial score (nSPS) is 10.9. The second kappa shape index (κ2) is 7.83. The number of amides is 1. The molecule has 0 bridgehead atoms. The summed E-state index contributed by atoms with van der Waals surface area (Å²) in [6.45, 7) is 4.26. The van der Waals surface area contributed by atoms with Crippen molar-refractivity contribution in [2.24, 2.45) is 16.5 Å². The number of nitrogens with two attached hydrogens (primary N) is 2. The average molecular weight is 414 g/mol. The molecule has 0 radical (unpaired) electrons. The summed E-state index contributed by atoms with van der Waals surface area (Å²) in [5.41, 5.74) is 14.1. The lowest BCUT2D eigenvalue weighted by Crippen LogP contribution is -2.22. The molecule has 22 heavy (non-hydrogen) atoms. The van der Waals surface area contributed by atoms with Gasteiger partial charge < -0.3 is 21.2 Å². The highest BCUT2D eigenvalue weighted by Crippen LogP contribution is 2.13. The number of aliphatic imine (C=N–C) groups is 1. The smallest absolute Gasteiger partial charge is 0.284 e. The van der Waals surface area contributed by atoms with E-state index in [9.17, 15) is 4.79 Å². The number of halogens is 1. The van der Waals surface area contributed by atoms with Gasteiger partial charge in [-0.3, -0.25) is 4.79 Å². The molecule has 2 aromatic rings. The van der Waals surface area contributed by atoms with E-state index in [1.165, 1.54) is 6.07 Å². The number of rotatable bonds is 4. The van der Waals surface area contributed by atoms with Gasteiger partial charge in [0.15, 0.2) is 11.7 Å². The van der Waals surface area contributed by atoms with E-state index >= 15 is 0 Å². The largest absolute Gasteiger partial charge is 0.454 e. The van der Waals surface area contributed by atoms with Crippen LogP contribution < -0.4 is 16.8 Å². The Morgan fingerprint density at radius 2 is 1.82 bits per heavy atom. The number of furan rings is 1. The van der Waals surface area contributed by atoms with Crippen LogP contribution in [0.1, 0.15) is 27.4 Å². The molecule has 0 aliphatic rings. The van der Waals surface area contributed by atoms with Crippen LogP contribution in [0, 0.1) is 13.8 Å². The number of anilines is 1. The summed E-state index contributed by atoms with van der Waals surface area (Å²) in [7, 11) is 0. The van der Waals surface area contributed by atoms with Gasteiger partial charge in [-0.05, 0) is 49.2 Å². The van der Waals surface area contributed by atoms with E-state index in [2.05, 4.69) is 16.4 Å². The number of nitrogens with zero attached hydrogens (tertiary/aromatic N) is 1. The highest BCUT2D eigenvalue weighted by molar-refractivity contribution is 14.0. The Hall–Kier alpha value is -2.03. The summed E-state index contributed by atoms with van der Waals surface area (Å²) in [6, 6.07) is 9.20. The molecular formula is C15H19IN4O2. The molecule has 6 nitrogen and oxygen atoms in total. The number of nitrogens with one attached hydrogen (secondary N) is 1. The third kappa shape index (κ3) is 5.06. The van der Waals surface area contributed by atoms with Crippen molar-refractivity contribution in [3.63, 3.8) is 0 Å². The third-order valence-corrected chi connectivity index (χ3v) is 2.80. The topological polar surface area (TPSA) is 107 Å². The molecule has 1 heterocycles. The second-order valence-corrected chi connectivity index (χ2v) is 4.83. The number of guanidine groups is 1. The SMILES string of the molecule is Cc1cc(C)cc(NC(N)=NCc2ccc(C(N)=O)o2)c1.I. The van der Waals surface area contributed by atoms with Crippen LogP contribution in [0.5, 0.6) is 0 Å². The van der Waals surface area contributed by atoms with Gasteiger partial charge in [0.1, 0.15) is 12.3 Å².